The molecular weight excluding hydrogens is 414 g/mol. The molecule has 0 saturated heterocycles. The van der Waals surface area contributed by atoms with Gasteiger partial charge in [-0.25, -0.2) is 0 Å². The predicted molar refractivity (Wildman–Crippen MR) is 112 cm³/mol. The lowest BCUT2D eigenvalue weighted by Crippen LogP contribution is -2.32. The average Bonchev–Trinajstić information content (AvgIpc) is 2.74. The number of ether oxygens (including phenoxy) is 4. The summed E-state index contributed by atoms with van der Waals surface area (Å²) in [5.74, 6) is 0.202. The molecule has 2 aromatic carbocycles. The summed E-state index contributed by atoms with van der Waals surface area (Å²) in [6.07, 6.45) is 0. The fraction of sp³-hybridized carbons (Fsp3) is 0.300. The predicted octanol–water partition coefficient (Wildman–Crippen LogP) is 4.05. The summed E-state index contributed by atoms with van der Waals surface area (Å²) in [4.78, 5) is 24.9. The average molecular weight is 436 g/mol. The molecule has 0 aliphatic rings. The van der Waals surface area contributed by atoms with Gasteiger partial charge in [-0.3, -0.25) is 9.59 Å². The number of benzene rings is 2. The van der Waals surface area contributed by atoms with E-state index in [1.807, 2.05) is 0 Å². The van der Waals surface area contributed by atoms with Crippen LogP contribution < -0.4 is 24.3 Å². The Morgan fingerprint density at radius 1 is 0.967 bits per heavy atom. The molecule has 0 saturated carbocycles. The van der Waals surface area contributed by atoms with E-state index >= 15 is 0 Å². The molecule has 0 fully saturated rings. The molecule has 0 heterocycles. The van der Waals surface area contributed by atoms with Crippen molar-refractivity contribution in [3.8, 4) is 23.0 Å². The molecule has 0 bridgehead atoms. The van der Waals surface area contributed by atoms with Crippen LogP contribution in [0.15, 0.2) is 40.6 Å². The van der Waals surface area contributed by atoms with Crippen molar-refractivity contribution in [1.29, 1.82) is 0 Å². The third-order valence-corrected chi connectivity index (χ3v) is 4.34. The number of halogens is 1. The van der Waals surface area contributed by atoms with Crippen LogP contribution >= 0.6 is 11.6 Å². The Hall–Kier alpha value is -3.33. The van der Waals surface area contributed by atoms with Gasteiger partial charge in [0, 0.05) is 6.07 Å². The van der Waals surface area contributed by atoms with Crippen molar-refractivity contribution >= 4 is 34.7 Å². The summed E-state index contributed by atoms with van der Waals surface area (Å²) in [6.45, 7) is 1.24. The van der Waals surface area contributed by atoms with Crippen molar-refractivity contribution in [2.45, 2.75) is 13.0 Å². The van der Waals surface area contributed by atoms with Gasteiger partial charge in [-0.15, -0.1) is 0 Å². The van der Waals surface area contributed by atoms with Crippen LogP contribution in [0.5, 0.6) is 23.0 Å². The fourth-order valence-corrected chi connectivity index (χ4v) is 2.76. The van der Waals surface area contributed by atoms with Crippen LogP contribution in [-0.4, -0.2) is 46.2 Å². The van der Waals surface area contributed by atoms with E-state index in [1.165, 1.54) is 35.4 Å². The van der Waals surface area contributed by atoms with Crippen LogP contribution in [0.3, 0.4) is 0 Å². The fourth-order valence-electron chi connectivity index (χ4n) is 2.52. The number of carbonyl (C=O) groups excluding carboxylic acids is 2. The molecule has 1 atom stereocenters. The molecule has 0 aliphatic carbocycles. The first-order valence-electron chi connectivity index (χ1n) is 8.70. The standard InChI is InChI=1S/C20H22ClN3O6/c1-11(25)17(24-23-14-8-6-12(27-2)10-16(14)29-4)20(26)22-18-15(28-3)9-7-13(21)19(18)30-5/h6-10,17H,1-5H3,(H,22,26). The molecular formula is C20H22ClN3O6. The van der Waals surface area contributed by atoms with Gasteiger partial charge in [0.1, 0.15) is 28.6 Å². The second-order valence-electron chi connectivity index (χ2n) is 5.91. The molecule has 0 aromatic heterocycles. The Balaban J connectivity index is 2.34. The zero-order valence-electron chi connectivity index (χ0n) is 17.2. The second kappa shape index (κ2) is 10.4. The molecule has 0 aliphatic heterocycles. The van der Waals surface area contributed by atoms with E-state index in [0.717, 1.165) is 0 Å². The Kier molecular flexibility index (Phi) is 7.99. The molecule has 1 N–H and O–H groups in total. The van der Waals surface area contributed by atoms with E-state index in [4.69, 9.17) is 30.5 Å². The number of hydrogen-bond acceptors (Lipinski definition) is 8. The number of ketones is 1. The van der Waals surface area contributed by atoms with Gasteiger partial charge in [-0.1, -0.05) is 11.6 Å². The Morgan fingerprint density at radius 3 is 2.23 bits per heavy atom. The van der Waals surface area contributed by atoms with Gasteiger partial charge in [-0.05, 0) is 31.2 Å². The number of azo groups is 1. The quantitative estimate of drug-likeness (QED) is 0.470. The first-order valence-corrected chi connectivity index (χ1v) is 9.08. The molecule has 2 rings (SSSR count). The highest BCUT2D eigenvalue weighted by Gasteiger charge is 2.26. The largest absolute Gasteiger partial charge is 0.497 e. The minimum absolute atomic E-state index is 0.181. The number of methoxy groups -OCH3 is 4. The highest BCUT2D eigenvalue weighted by atomic mass is 35.5. The van der Waals surface area contributed by atoms with Crippen LogP contribution in [0, 0.1) is 0 Å². The lowest BCUT2D eigenvalue weighted by Gasteiger charge is -2.16. The normalized spacial score (nSPS) is 11.7. The molecule has 30 heavy (non-hydrogen) atoms. The Labute approximate surface area is 178 Å². The highest BCUT2D eigenvalue weighted by molar-refractivity contribution is 6.33. The number of Topliss-reactive ketones (excluding diaryl/α,β-unsaturated/α-hetero) is 1. The zero-order valence-corrected chi connectivity index (χ0v) is 17.9. The molecule has 1 unspecified atom stereocenters. The molecule has 10 heteroatoms. The maximum absolute atomic E-state index is 12.8. The Bertz CT molecular complexity index is 964. The van der Waals surface area contributed by atoms with E-state index in [0.29, 0.717) is 22.9 Å². The zero-order chi connectivity index (χ0) is 22.3. The molecule has 2 aromatic rings. The van der Waals surface area contributed by atoms with Gasteiger partial charge in [0.15, 0.2) is 11.5 Å². The van der Waals surface area contributed by atoms with Crippen molar-refractivity contribution in [2.75, 3.05) is 33.8 Å². The van der Waals surface area contributed by atoms with Gasteiger partial charge < -0.3 is 24.3 Å². The van der Waals surface area contributed by atoms with Crippen LogP contribution in [0.25, 0.3) is 0 Å². The number of nitrogens with one attached hydrogen (secondary N) is 1. The van der Waals surface area contributed by atoms with E-state index in [9.17, 15) is 9.59 Å². The van der Waals surface area contributed by atoms with Gasteiger partial charge >= 0.3 is 0 Å². The van der Waals surface area contributed by atoms with E-state index in [-0.39, 0.29) is 16.5 Å². The second-order valence-corrected chi connectivity index (χ2v) is 6.32. The van der Waals surface area contributed by atoms with E-state index in [2.05, 4.69) is 15.5 Å². The monoisotopic (exact) mass is 435 g/mol. The SMILES string of the molecule is COc1ccc(N=NC(C(C)=O)C(=O)Nc2c(OC)ccc(Cl)c2OC)c(OC)c1. The van der Waals surface area contributed by atoms with Gasteiger partial charge in [0.2, 0.25) is 6.04 Å². The van der Waals surface area contributed by atoms with E-state index < -0.39 is 17.7 Å². The summed E-state index contributed by atoms with van der Waals surface area (Å²) in [5.41, 5.74) is 0.510. The van der Waals surface area contributed by atoms with Crippen molar-refractivity contribution in [2.24, 2.45) is 10.2 Å². The van der Waals surface area contributed by atoms with Crippen LogP contribution in [0.2, 0.25) is 5.02 Å². The smallest absolute Gasteiger partial charge is 0.259 e. The molecule has 1 amide bonds. The molecule has 160 valence electrons. The number of carbonyl (C=O) groups is 2. The highest BCUT2D eigenvalue weighted by Crippen LogP contribution is 2.40. The van der Waals surface area contributed by atoms with Crippen molar-refractivity contribution in [1.82, 2.24) is 0 Å². The minimum atomic E-state index is -1.41. The van der Waals surface area contributed by atoms with Crippen LogP contribution in [0.4, 0.5) is 11.4 Å². The third kappa shape index (κ3) is 5.18. The van der Waals surface area contributed by atoms with Crippen LogP contribution in [0.1, 0.15) is 6.92 Å². The van der Waals surface area contributed by atoms with Crippen molar-refractivity contribution in [3.63, 3.8) is 0 Å². The maximum atomic E-state index is 12.8. The lowest BCUT2D eigenvalue weighted by molar-refractivity contribution is -0.126. The molecule has 0 radical (unpaired) electrons. The summed E-state index contributed by atoms with van der Waals surface area (Å²) in [5, 5.41) is 10.8. The van der Waals surface area contributed by atoms with Crippen LogP contribution in [-0.2, 0) is 9.59 Å². The number of anilines is 1. The summed E-state index contributed by atoms with van der Waals surface area (Å²) >= 11 is 6.12. The van der Waals surface area contributed by atoms with E-state index in [1.54, 1.807) is 30.3 Å². The first-order chi connectivity index (χ1) is 14.4. The Morgan fingerprint density at radius 2 is 1.67 bits per heavy atom. The van der Waals surface area contributed by atoms with Crippen molar-refractivity contribution in [3.05, 3.63) is 35.4 Å². The molecule has 9 nitrogen and oxygen atoms in total. The first kappa shape index (κ1) is 23.0. The molecule has 0 spiro atoms. The summed E-state index contributed by atoms with van der Waals surface area (Å²) < 4.78 is 20.9. The number of hydrogen-bond donors (Lipinski definition) is 1. The third-order valence-electron chi connectivity index (χ3n) is 4.04. The summed E-state index contributed by atoms with van der Waals surface area (Å²) in [6, 6.07) is 6.57. The van der Waals surface area contributed by atoms with Crippen molar-refractivity contribution < 1.29 is 28.5 Å². The topological polar surface area (TPSA) is 108 Å². The lowest BCUT2D eigenvalue weighted by atomic mass is 10.2. The number of rotatable bonds is 9. The van der Waals surface area contributed by atoms with Gasteiger partial charge in [0.05, 0.1) is 33.5 Å². The van der Waals surface area contributed by atoms with Gasteiger partial charge in [-0.2, -0.15) is 10.2 Å². The number of nitrogens with zero attached hydrogens (tertiary/aromatic N) is 2. The minimum Gasteiger partial charge on any atom is -0.497 e. The van der Waals surface area contributed by atoms with Gasteiger partial charge in [0.25, 0.3) is 5.91 Å². The maximum Gasteiger partial charge on any atom is 0.259 e. The summed E-state index contributed by atoms with van der Waals surface area (Å²) in [7, 11) is 5.80. The number of amides is 1.